The van der Waals surface area contributed by atoms with Crippen LogP contribution in [0.1, 0.15) is 60.3 Å². The van der Waals surface area contributed by atoms with Gasteiger partial charge in [-0.2, -0.15) is 0 Å². The fraction of sp³-hybridized carbons (Fsp3) is 0.783. The molecule has 0 spiro atoms. The van der Waals surface area contributed by atoms with E-state index in [0.717, 1.165) is 12.8 Å². The normalized spacial score (nSPS) is 49.8. The van der Waals surface area contributed by atoms with Gasteiger partial charge in [0.25, 0.3) is 0 Å². The second kappa shape index (κ2) is 5.38. The van der Waals surface area contributed by atoms with Crippen molar-refractivity contribution in [1.82, 2.24) is 0 Å². The average molecular weight is 402 g/mol. The van der Waals surface area contributed by atoms with Gasteiger partial charge in [0.1, 0.15) is 23.4 Å². The van der Waals surface area contributed by atoms with Gasteiger partial charge >= 0.3 is 5.97 Å². The summed E-state index contributed by atoms with van der Waals surface area (Å²) in [6, 6.07) is 0. The Labute approximate surface area is 171 Å². The first kappa shape index (κ1) is 19.4. The summed E-state index contributed by atoms with van der Waals surface area (Å²) in [5.41, 5.74) is -2.78. The van der Waals surface area contributed by atoms with E-state index in [0.29, 0.717) is 24.2 Å². The third kappa shape index (κ3) is 1.94. The Morgan fingerprint density at radius 3 is 2.48 bits per heavy atom. The molecular formula is C23H30O6. The maximum atomic E-state index is 13.9. The standard InChI is InChI=1S/C23H30O6/c1-6-28-14-12-13(18(25)22(5)11(24)10-21(4,27)16(12)22)23-9-7-8-20(2,3)17(23)15(14)29-19(23)26/h14-17,27H,6-10H2,1-5H3. The van der Waals surface area contributed by atoms with Crippen molar-refractivity contribution in [2.45, 2.75) is 78.1 Å². The maximum Gasteiger partial charge on any atom is 0.317 e. The number of fused-ring (bicyclic) bond motifs is 2. The highest BCUT2D eigenvalue weighted by atomic mass is 16.6. The lowest BCUT2D eigenvalue weighted by Crippen LogP contribution is -2.56. The molecule has 1 N–H and O–H groups in total. The Hall–Kier alpha value is -1.53. The van der Waals surface area contributed by atoms with Crippen LogP contribution in [0, 0.1) is 28.1 Å². The molecule has 0 aromatic carbocycles. The van der Waals surface area contributed by atoms with Crippen LogP contribution in [-0.2, 0) is 23.9 Å². The van der Waals surface area contributed by atoms with E-state index >= 15 is 0 Å². The third-order valence-corrected chi connectivity index (χ3v) is 8.69. The molecule has 0 amide bonds. The fourth-order valence-corrected chi connectivity index (χ4v) is 7.81. The predicted molar refractivity (Wildman–Crippen MR) is 103 cm³/mol. The van der Waals surface area contributed by atoms with Crippen LogP contribution in [0.4, 0.5) is 0 Å². The summed E-state index contributed by atoms with van der Waals surface area (Å²) < 4.78 is 12.1. The van der Waals surface area contributed by atoms with E-state index in [1.54, 1.807) is 13.8 Å². The SMILES string of the molecule is CCOC1C2=C(C(=O)C3(C)C(=O)CC(C)(O)C23)C23CCCC(C)(C)C2C1OC3=O. The molecular weight excluding hydrogens is 372 g/mol. The zero-order chi connectivity index (χ0) is 21.1. The van der Waals surface area contributed by atoms with Gasteiger partial charge in [-0.25, -0.2) is 0 Å². The van der Waals surface area contributed by atoms with Crippen LogP contribution in [-0.4, -0.2) is 47.1 Å². The smallest absolute Gasteiger partial charge is 0.317 e. The van der Waals surface area contributed by atoms with Crippen molar-refractivity contribution < 1.29 is 29.0 Å². The minimum atomic E-state index is -1.34. The molecule has 0 radical (unpaired) electrons. The number of rotatable bonds is 2. The lowest BCUT2D eigenvalue weighted by molar-refractivity contribution is -0.152. The lowest BCUT2D eigenvalue weighted by atomic mass is 9.49. The van der Waals surface area contributed by atoms with Crippen LogP contribution in [0.5, 0.6) is 0 Å². The quantitative estimate of drug-likeness (QED) is 0.563. The molecule has 6 heteroatoms. The molecule has 1 heterocycles. The van der Waals surface area contributed by atoms with Crippen molar-refractivity contribution in [3.63, 3.8) is 0 Å². The molecule has 5 rings (SSSR count). The summed E-state index contributed by atoms with van der Waals surface area (Å²) in [5.74, 6) is -1.71. The van der Waals surface area contributed by atoms with Crippen LogP contribution in [0.25, 0.3) is 0 Å². The van der Waals surface area contributed by atoms with Gasteiger partial charge in [-0.3, -0.25) is 14.4 Å². The summed E-state index contributed by atoms with van der Waals surface area (Å²) >= 11 is 0. The average Bonchev–Trinajstić information content (AvgIpc) is 3.09. The zero-order valence-electron chi connectivity index (χ0n) is 17.8. The van der Waals surface area contributed by atoms with E-state index < -0.39 is 34.6 Å². The van der Waals surface area contributed by atoms with Crippen LogP contribution in [0.3, 0.4) is 0 Å². The molecule has 7 unspecified atom stereocenters. The van der Waals surface area contributed by atoms with Gasteiger partial charge < -0.3 is 14.6 Å². The number of Topliss-reactive ketones (excluding diaryl/α,β-unsaturated/α-hetero) is 2. The van der Waals surface area contributed by atoms with E-state index in [1.807, 2.05) is 6.92 Å². The molecule has 4 aliphatic carbocycles. The summed E-state index contributed by atoms with van der Waals surface area (Å²) in [7, 11) is 0. The molecule has 6 nitrogen and oxygen atoms in total. The molecule has 0 aromatic heterocycles. The highest BCUT2D eigenvalue weighted by molar-refractivity contribution is 6.22. The molecule has 2 saturated carbocycles. The summed E-state index contributed by atoms with van der Waals surface area (Å²) in [5, 5.41) is 11.2. The second-order valence-electron chi connectivity index (χ2n) is 10.8. The fourth-order valence-electron chi connectivity index (χ4n) is 7.81. The second-order valence-corrected chi connectivity index (χ2v) is 10.8. The molecule has 3 fully saturated rings. The number of ether oxygens (including phenoxy) is 2. The number of carbonyl (C=O) groups is 3. The van der Waals surface area contributed by atoms with Crippen LogP contribution in [0.15, 0.2) is 11.1 Å². The molecule has 0 aromatic rings. The minimum Gasteiger partial charge on any atom is -0.458 e. The topological polar surface area (TPSA) is 89.9 Å². The highest BCUT2D eigenvalue weighted by Gasteiger charge is 2.78. The van der Waals surface area contributed by atoms with Crippen molar-refractivity contribution in [1.29, 1.82) is 0 Å². The first-order valence-corrected chi connectivity index (χ1v) is 10.8. The van der Waals surface area contributed by atoms with Gasteiger partial charge in [0, 0.05) is 30.4 Å². The Morgan fingerprint density at radius 2 is 1.83 bits per heavy atom. The van der Waals surface area contributed by atoms with Crippen molar-refractivity contribution >= 4 is 17.5 Å². The third-order valence-electron chi connectivity index (χ3n) is 8.69. The Balaban J connectivity index is 1.83. The van der Waals surface area contributed by atoms with Crippen molar-refractivity contribution in [3.8, 4) is 0 Å². The van der Waals surface area contributed by atoms with E-state index in [1.165, 1.54) is 0 Å². The molecule has 7 atom stereocenters. The van der Waals surface area contributed by atoms with Gasteiger partial charge in [0.05, 0.1) is 11.0 Å². The number of aliphatic hydroxyl groups is 1. The number of ketones is 2. The molecule has 1 saturated heterocycles. The van der Waals surface area contributed by atoms with E-state index in [-0.39, 0.29) is 35.3 Å². The van der Waals surface area contributed by atoms with E-state index in [9.17, 15) is 19.5 Å². The first-order chi connectivity index (χ1) is 13.4. The van der Waals surface area contributed by atoms with E-state index in [4.69, 9.17) is 9.47 Å². The Morgan fingerprint density at radius 1 is 1.14 bits per heavy atom. The van der Waals surface area contributed by atoms with E-state index in [2.05, 4.69) is 13.8 Å². The number of hydrogen-bond acceptors (Lipinski definition) is 6. The number of carbonyl (C=O) groups excluding carboxylic acids is 3. The summed E-state index contributed by atoms with van der Waals surface area (Å²) in [6.07, 6.45) is 1.18. The van der Waals surface area contributed by atoms with Crippen molar-refractivity contribution in [3.05, 3.63) is 11.1 Å². The van der Waals surface area contributed by atoms with Crippen molar-refractivity contribution in [2.24, 2.45) is 28.1 Å². The largest absolute Gasteiger partial charge is 0.458 e. The highest BCUT2D eigenvalue weighted by Crippen LogP contribution is 2.71. The monoisotopic (exact) mass is 402 g/mol. The number of hydrogen-bond donors (Lipinski definition) is 1. The minimum absolute atomic E-state index is 0.0586. The van der Waals surface area contributed by atoms with Gasteiger partial charge in [0.2, 0.25) is 0 Å². The predicted octanol–water partition coefficient (Wildman–Crippen LogP) is 2.37. The van der Waals surface area contributed by atoms with Gasteiger partial charge in [-0.15, -0.1) is 0 Å². The van der Waals surface area contributed by atoms with Gasteiger partial charge in [-0.05, 0) is 44.6 Å². The molecule has 5 aliphatic rings. The molecule has 1 aliphatic heterocycles. The maximum absolute atomic E-state index is 13.9. The molecule has 29 heavy (non-hydrogen) atoms. The van der Waals surface area contributed by atoms with Crippen LogP contribution in [0.2, 0.25) is 0 Å². The Bertz CT molecular complexity index is 882. The first-order valence-electron chi connectivity index (χ1n) is 10.8. The van der Waals surface area contributed by atoms with Crippen molar-refractivity contribution in [2.75, 3.05) is 6.61 Å². The lowest BCUT2D eigenvalue weighted by Gasteiger charge is -2.52. The summed E-state index contributed by atoms with van der Waals surface area (Å²) in [6.45, 7) is 9.83. The van der Waals surface area contributed by atoms with Gasteiger partial charge in [-0.1, -0.05) is 20.3 Å². The van der Waals surface area contributed by atoms with Crippen LogP contribution >= 0.6 is 0 Å². The zero-order valence-corrected chi connectivity index (χ0v) is 17.8. The number of esters is 1. The molecule has 2 bridgehead atoms. The molecule has 158 valence electrons. The Kier molecular flexibility index (Phi) is 3.61. The van der Waals surface area contributed by atoms with Gasteiger partial charge in [0.15, 0.2) is 5.78 Å². The van der Waals surface area contributed by atoms with Crippen LogP contribution < -0.4 is 0 Å². The summed E-state index contributed by atoms with van der Waals surface area (Å²) in [4.78, 5) is 40.3.